The smallest absolute Gasteiger partial charge is 0.000674 e. The summed E-state index contributed by atoms with van der Waals surface area (Å²) in [6.45, 7) is 14.1. The maximum Gasteiger partial charge on any atom is -0.000674 e. The molecule has 0 atom stereocenters. The number of benzene rings is 12. The Morgan fingerprint density at radius 1 is 0.243 bits per heavy atom. The van der Waals surface area contributed by atoms with Gasteiger partial charge < -0.3 is 0 Å². The lowest BCUT2D eigenvalue weighted by Gasteiger charge is -2.23. The largest absolute Gasteiger partial charge is 0.0776 e. The Bertz CT molecular complexity index is 4460. The van der Waals surface area contributed by atoms with Gasteiger partial charge in [-0.05, 0) is 194 Å². The van der Waals surface area contributed by atoms with Crippen molar-refractivity contribution in [1.82, 2.24) is 0 Å². The zero-order valence-electron chi connectivity index (χ0n) is 42.4. The monoisotopic (exact) mass is 948 g/mol. The number of hydrogen-bond donors (Lipinski definition) is 0. The molecule has 0 aliphatic heterocycles. The van der Waals surface area contributed by atoms with Gasteiger partial charge in [-0.2, -0.15) is 0 Å². The molecule has 0 aliphatic rings. The fraction of sp³-hybridized carbons (Fsp3) is 0.135. The molecular formula is C74H60. The third-order valence-corrected chi connectivity index (χ3v) is 16.4. The Hall–Kier alpha value is -8.32. The van der Waals surface area contributed by atoms with Crippen LogP contribution in [0.25, 0.3) is 142 Å². The maximum atomic E-state index is 2.58. The summed E-state index contributed by atoms with van der Waals surface area (Å²) in [4.78, 5) is 0. The van der Waals surface area contributed by atoms with Crippen molar-refractivity contribution in [1.29, 1.82) is 0 Å². The fourth-order valence-corrected chi connectivity index (χ4v) is 13.2. The van der Waals surface area contributed by atoms with Crippen LogP contribution >= 0.6 is 0 Å². The van der Waals surface area contributed by atoms with Gasteiger partial charge in [-0.1, -0.05) is 243 Å². The first-order valence-electron chi connectivity index (χ1n) is 26.4. The number of fused-ring (bicyclic) bond motifs is 10. The van der Waals surface area contributed by atoms with E-state index in [4.69, 9.17) is 0 Å². The minimum absolute atomic E-state index is 0. The first-order valence-corrected chi connectivity index (χ1v) is 26.4. The minimum Gasteiger partial charge on any atom is -0.0776 e. The first-order chi connectivity index (χ1) is 35.7. The van der Waals surface area contributed by atoms with Gasteiger partial charge in [0.2, 0.25) is 0 Å². The molecule has 0 saturated heterocycles. The summed E-state index contributed by atoms with van der Waals surface area (Å²) in [5, 5.41) is 20.9. The van der Waals surface area contributed by atoms with Crippen molar-refractivity contribution in [3.8, 4) is 55.6 Å². The number of rotatable bonds is 8. The molecule has 0 heterocycles. The second-order valence-electron chi connectivity index (χ2n) is 21.6. The van der Waals surface area contributed by atoms with Crippen molar-refractivity contribution < 1.29 is 0 Å². The lowest BCUT2D eigenvalue weighted by Crippen LogP contribution is -2.03. The molecule has 14 aromatic rings. The van der Waals surface area contributed by atoms with Crippen LogP contribution in [0.2, 0.25) is 0 Å². The fourth-order valence-electron chi connectivity index (χ4n) is 13.2. The lowest BCUT2D eigenvalue weighted by molar-refractivity contribution is 0.807. The molecule has 0 spiro atoms. The van der Waals surface area contributed by atoms with Gasteiger partial charge in [0.15, 0.2) is 0 Å². The standard InChI is InChI=1S/C73H56.CH4/c1-42(2)48-38-61(43(3)4)66(62(39-48)44(5)6)47-35-36-52-49(37-47)40-64-68-55(52)31-19-34-60(68)72-69(56-29-17-13-25-50(56)45-21-9-7-10-22-45)65-41-63-54-28-16-15-27-53(54)58-32-20-33-59(67(58)63)70(65)71(73(64)72)57-30-18-14-26-51(57)46-23-11-8-12-24-46;/h7-44H,1-6H3;1H4. The molecule has 0 bridgehead atoms. The van der Waals surface area contributed by atoms with Crippen LogP contribution < -0.4 is 0 Å². The molecule has 0 heteroatoms. The summed E-state index contributed by atoms with van der Waals surface area (Å²) in [6.07, 6.45) is 0. The Labute approximate surface area is 435 Å². The van der Waals surface area contributed by atoms with Crippen molar-refractivity contribution in [3.05, 3.63) is 229 Å². The van der Waals surface area contributed by atoms with Crippen LogP contribution in [-0.2, 0) is 0 Å². The summed E-state index contributed by atoms with van der Waals surface area (Å²) >= 11 is 0. The van der Waals surface area contributed by atoms with Crippen LogP contribution in [0.3, 0.4) is 0 Å². The predicted molar refractivity (Wildman–Crippen MR) is 325 cm³/mol. The molecule has 14 aromatic carbocycles. The van der Waals surface area contributed by atoms with E-state index in [9.17, 15) is 0 Å². The molecule has 0 amide bonds. The van der Waals surface area contributed by atoms with Crippen LogP contribution in [0, 0.1) is 0 Å². The van der Waals surface area contributed by atoms with Gasteiger partial charge in [-0.25, -0.2) is 0 Å². The SMILES string of the molecule is C.CC(C)c1cc(C(C)C)c(-c2ccc3c(c2)cc2c4c(-c5ccccc5-c5ccccc5)c5c(cc6c7ccccc7c7cccc5c76)c(-c5ccccc5-c5ccccc5)c4c4cccc3c42)c(C(C)C)c1. The number of hydrogen-bond acceptors (Lipinski definition) is 0. The van der Waals surface area contributed by atoms with E-state index in [2.05, 4.69) is 254 Å². The van der Waals surface area contributed by atoms with Crippen LogP contribution in [-0.4, -0.2) is 0 Å². The van der Waals surface area contributed by atoms with Crippen molar-refractivity contribution in [3.63, 3.8) is 0 Å². The van der Waals surface area contributed by atoms with Crippen molar-refractivity contribution >= 4 is 86.2 Å². The third-order valence-electron chi connectivity index (χ3n) is 16.4. The van der Waals surface area contributed by atoms with Crippen molar-refractivity contribution in [2.75, 3.05) is 0 Å². The predicted octanol–water partition coefficient (Wildman–Crippen LogP) is 22.1. The highest BCUT2D eigenvalue weighted by Crippen LogP contribution is 2.57. The van der Waals surface area contributed by atoms with E-state index >= 15 is 0 Å². The molecule has 14 rings (SSSR count). The van der Waals surface area contributed by atoms with Gasteiger partial charge in [0, 0.05) is 0 Å². The van der Waals surface area contributed by atoms with Gasteiger partial charge in [-0.15, -0.1) is 0 Å². The summed E-state index contributed by atoms with van der Waals surface area (Å²) in [7, 11) is 0. The average Bonchev–Trinajstić information content (AvgIpc) is 3.97. The molecule has 356 valence electrons. The Kier molecular flexibility index (Phi) is 10.7. The van der Waals surface area contributed by atoms with E-state index in [1.54, 1.807) is 0 Å². The van der Waals surface area contributed by atoms with Crippen LogP contribution in [0.4, 0.5) is 0 Å². The van der Waals surface area contributed by atoms with E-state index in [0.29, 0.717) is 17.8 Å². The summed E-state index contributed by atoms with van der Waals surface area (Å²) < 4.78 is 0. The molecular weight excluding hydrogens is 889 g/mol. The zero-order chi connectivity index (χ0) is 49.2. The van der Waals surface area contributed by atoms with Crippen LogP contribution in [0.5, 0.6) is 0 Å². The normalized spacial score (nSPS) is 12.2. The topological polar surface area (TPSA) is 0 Å². The molecule has 0 N–H and O–H groups in total. The lowest BCUT2D eigenvalue weighted by atomic mass is 9.80. The summed E-state index contributed by atoms with van der Waals surface area (Å²) in [6, 6.07) is 81.2. The molecule has 0 fully saturated rings. The van der Waals surface area contributed by atoms with Gasteiger partial charge in [-0.3, -0.25) is 0 Å². The highest BCUT2D eigenvalue weighted by atomic mass is 14.3. The van der Waals surface area contributed by atoms with Gasteiger partial charge in [0.05, 0.1) is 0 Å². The Morgan fingerprint density at radius 3 is 1.28 bits per heavy atom. The summed E-state index contributed by atoms with van der Waals surface area (Å²) in [5.41, 5.74) is 17.0. The van der Waals surface area contributed by atoms with E-state index in [-0.39, 0.29) is 7.43 Å². The molecule has 74 heavy (non-hydrogen) atoms. The average molecular weight is 949 g/mol. The Morgan fingerprint density at radius 2 is 0.703 bits per heavy atom. The maximum absolute atomic E-state index is 2.58. The van der Waals surface area contributed by atoms with Gasteiger partial charge >= 0.3 is 0 Å². The van der Waals surface area contributed by atoms with Crippen LogP contribution in [0.15, 0.2) is 212 Å². The molecule has 0 radical (unpaired) electrons. The van der Waals surface area contributed by atoms with E-state index in [0.717, 1.165) is 0 Å². The first kappa shape index (κ1) is 45.5. The molecule has 0 aliphatic carbocycles. The minimum atomic E-state index is 0. The second-order valence-corrected chi connectivity index (χ2v) is 21.6. The molecule has 0 unspecified atom stereocenters. The highest BCUT2D eigenvalue weighted by Gasteiger charge is 2.29. The zero-order valence-corrected chi connectivity index (χ0v) is 42.4. The van der Waals surface area contributed by atoms with E-state index in [1.165, 1.54) is 159 Å². The summed E-state index contributed by atoms with van der Waals surface area (Å²) in [5.74, 6) is 1.21. The molecule has 0 nitrogen and oxygen atoms in total. The third kappa shape index (κ3) is 6.67. The van der Waals surface area contributed by atoms with Crippen molar-refractivity contribution in [2.45, 2.75) is 66.7 Å². The second kappa shape index (κ2) is 17.4. The van der Waals surface area contributed by atoms with Crippen molar-refractivity contribution in [2.24, 2.45) is 0 Å². The highest BCUT2D eigenvalue weighted by molar-refractivity contribution is 6.46. The van der Waals surface area contributed by atoms with Crippen LogP contribution in [0.1, 0.15) is 83.4 Å². The molecule has 0 aromatic heterocycles. The molecule has 0 saturated carbocycles. The Balaban J connectivity index is 0.00000528. The van der Waals surface area contributed by atoms with Gasteiger partial charge in [0.25, 0.3) is 0 Å². The van der Waals surface area contributed by atoms with Gasteiger partial charge in [0.1, 0.15) is 0 Å². The van der Waals surface area contributed by atoms with E-state index < -0.39 is 0 Å². The quantitative estimate of drug-likeness (QED) is 0.133. The van der Waals surface area contributed by atoms with E-state index in [1.807, 2.05) is 0 Å².